The van der Waals surface area contributed by atoms with Crippen LogP contribution in [0.3, 0.4) is 0 Å². The monoisotopic (exact) mass is 338 g/mol. The zero-order valence-corrected chi connectivity index (χ0v) is 13.6. The second-order valence-corrected chi connectivity index (χ2v) is 6.12. The smallest absolute Gasteiger partial charge is 0.229 e. The highest BCUT2D eigenvalue weighted by Gasteiger charge is 2.33. The highest BCUT2D eigenvalue weighted by molar-refractivity contribution is 6.33. The van der Waals surface area contributed by atoms with Gasteiger partial charge in [0.05, 0.1) is 16.8 Å². The summed E-state index contributed by atoms with van der Waals surface area (Å²) in [6, 6.07) is 11.3. The average molecular weight is 339 g/mol. The molecular formula is C18H15ClN4O. The highest BCUT2D eigenvalue weighted by Crippen LogP contribution is 2.34. The molecule has 0 radical (unpaired) electrons. The van der Waals surface area contributed by atoms with E-state index in [9.17, 15) is 4.79 Å². The van der Waals surface area contributed by atoms with Gasteiger partial charge in [0.15, 0.2) is 0 Å². The number of hydrogen-bond acceptors (Lipinski definition) is 3. The zero-order chi connectivity index (χ0) is 16.5. The lowest BCUT2D eigenvalue weighted by molar-refractivity contribution is -0.117. The maximum Gasteiger partial charge on any atom is 0.229 e. The quantitative estimate of drug-likeness (QED) is 0.733. The molecule has 0 unspecified atom stereocenters. The Morgan fingerprint density at radius 1 is 1.12 bits per heavy atom. The number of carbonyl (C=O) groups is 1. The summed E-state index contributed by atoms with van der Waals surface area (Å²) in [5.74, 6) is 0.890. The van der Waals surface area contributed by atoms with Crippen LogP contribution < -0.4 is 4.90 Å². The molecule has 1 aliphatic heterocycles. The van der Waals surface area contributed by atoms with Crippen molar-refractivity contribution in [3.63, 3.8) is 0 Å². The van der Waals surface area contributed by atoms with E-state index in [4.69, 9.17) is 11.6 Å². The highest BCUT2D eigenvalue weighted by atomic mass is 35.5. The molecule has 1 amide bonds. The van der Waals surface area contributed by atoms with Crippen molar-refractivity contribution in [2.75, 3.05) is 11.4 Å². The van der Waals surface area contributed by atoms with Gasteiger partial charge in [-0.15, -0.1) is 0 Å². The molecule has 4 rings (SSSR count). The number of imidazole rings is 1. The SMILES string of the molecule is O=C1C[C@H](n2ccnc2-c2cccnc2)CN1c1ccccc1Cl. The van der Waals surface area contributed by atoms with Crippen LogP contribution in [-0.2, 0) is 4.79 Å². The van der Waals surface area contributed by atoms with Gasteiger partial charge >= 0.3 is 0 Å². The van der Waals surface area contributed by atoms with Crippen molar-refractivity contribution in [1.29, 1.82) is 0 Å². The van der Waals surface area contributed by atoms with Gasteiger partial charge in [-0.1, -0.05) is 23.7 Å². The Morgan fingerprint density at radius 2 is 2.00 bits per heavy atom. The summed E-state index contributed by atoms with van der Waals surface area (Å²) in [6.07, 6.45) is 7.60. The number of halogens is 1. The predicted octanol–water partition coefficient (Wildman–Crippen LogP) is 3.58. The molecule has 120 valence electrons. The van der Waals surface area contributed by atoms with E-state index in [0.717, 1.165) is 17.1 Å². The molecule has 3 aromatic rings. The number of benzene rings is 1. The number of nitrogens with zero attached hydrogens (tertiary/aromatic N) is 4. The summed E-state index contributed by atoms with van der Waals surface area (Å²) in [4.78, 5) is 22.8. The molecule has 0 spiro atoms. The summed E-state index contributed by atoms with van der Waals surface area (Å²) < 4.78 is 2.05. The van der Waals surface area contributed by atoms with Gasteiger partial charge < -0.3 is 9.47 Å². The maximum atomic E-state index is 12.5. The minimum Gasteiger partial charge on any atom is -0.326 e. The van der Waals surface area contributed by atoms with Gasteiger partial charge in [0.1, 0.15) is 5.82 Å². The number of rotatable bonds is 3. The van der Waals surface area contributed by atoms with Gasteiger partial charge in [-0.2, -0.15) is 0 Å². The summed E-state index contributed by atoms with van der Waals surface area (Å²) in [5.41, 5.74) is 1.70. The van der Waals surface area contributed by atoms with Crippen molar-refractivity contribution in [3.05, 3.63) is 66.2 Å². The fourth-order valence-corrected chi connectivity index (χ4v) is 3.34. The molecule has 1 aromatic carbocycles. The van der Waals surface area contributed by atoms with Gasteiger partial charge in [-0.25, -0.2) is 4.98 Å². The number of hydrogen-bond donors (Lipinski definition) is 0. The van der Waals surface area contributed by atoms with Crippen LogP contribution in [0.5, 0.6) is 0 Å². The molecule has 24 heavy (non-hydrogen) atoms. The fraction of sp³-hybridized carbons (Fsp3) is 0.167. The van der Waals surface area contributed by atoms with Crippen molar-refractivity contribution in [1.82, 2.24) is 14.5 Å². The van der Waals surface area contributed by atoms with Crippen molar-refractivity contribution in [3.8, 4) is 11.4 Å². The largest absolute Gasteiger partial charge is 0.326 e. The first-order valence-electron chi connectivity index (χ1n) is 7.72. The van der Waals surface area contributed by atoms with Gasteiger partial charge in [-0.05, 0) is 24.3 Å². The molecule has 3 heterocycles. The predicted molar refractivity (Wildman–Crippen MR) is 92.9 cm³/mol. The van der Waals surface area contributed by atoms with Crippen LogP contribution >= 0.6 is 11.6 Å². The molecule has 1 fully saturated rings. The Labute approximate surface area is 144 Å². The molecular weight excluding hydrogens is 324 g/mol. The molecule has 0 bridgehead atoms. The van der Waals surface area contributed by atoms with E-state index in [1.165, 1.54) is 0 Å². The number of para-hydroxylation sites is 1. The van der Waals surface area contributed by atoms with Gasteiger partial charge in [0.25, 0.3) is 0 Å². The molecule has 0 saturated carbocycles. The molecule has 1 aliphatic rings. The van der Waals surface area contributed by atoms with Crippen molar-refractivity contribution in [2.45, 2.75) is 12.5 Å². The van der Waals surface area contributed by atoms with E-state index in [1.807, 2.05) is 41.1 Å². The second-order valence-electron chi connectivity index (χ2n) is 5.71. The Morgan fingerprint density at radius 3 is 2.79 bits per heavy atom. The summed E-state index contributed by atoms with van der Waals surface area (Å²) in [5, 5.41) is 0.588. The number of amides is 1. The van der Waals surface area contributed by atoms with Gasteiger partial charge in [-0.3, -0.25) is 9.78 Å². The Bertz CT molecular complexity index is 877. The number of aromatic nitrogens is 3. The van der Waals surface area contributed by atoms with E-state index >= 15 is 0 Å². The molecule has 1 saturated heterocycles. The summed E-state index contributed by atoms with van der Waals surface area (Å²) in [7, 11) is 0. The zero-order valence-electron chi connectivity index (χ0n) is 12.8. The van der Waals surface area contributed by atoms with Crippen molar-refractivity contribution < 1.29 is 4.79 Å². The number of anilines is 1. The van der Waals surface area contributed by atoms with Crippen LogP contribution in [0.4, 0.5) is 5.69 Å². The molecule has 5 nitrogen and oxygen atoms in total. The van der Waals surface area contributed by atoms with E-state index < -0.39 is 0 Å². The average Bonchev–Trinajstić information content (AvgIpc) is 3.23. The molecule has 0 N–H and O–H groups in total. The third-order valence-electron chi connectivity index (χ3n) is 4.23. The third-order valence-corrected chi connectivity index (χ3v) is 4.55. The summed E-state index contributed by atoms with van der Waals surface area (Å²) in [6.45, 7) is 0.576. The first kappa shape index (κ1) is 14.9. The lowest BCUT2D eigenvalue weighted by atomic mass is 10.2. The number of carbonyl (C=O) groups excluding carboxylic acids is 1. The van der Waals surface area contributed by atoms with Crippen molar-refractivity contribution >= 4 is 23.2 Å². The van der Waals surface area contributed by atoms with Gasteiger partial charge in [0, 0.05) is 43.3 Å². The van der Waals surface area contributed by atoms with E-state index in [1.54, 1.807) is 29.6 Å². The molecule has 6 heteroatoms. The minimum atomic E-state index is 0.0199. The topological polar surface area (TPSA) is 51.0 Å². The van der Waals surface area contributed by atoms with Crippen LogP contribution in [0.2, 0.25) is 5.02 Å². The third kappa shape index (κ3) is 2.57. The van der Waals surface area contributed by atoms with Crippen LogP contribution in [0.1, 0.15) is 12.5 Å². The van der Waals surface area contributed by atoms with Crippen LogP contribution in [-0.4, -0.2) is 27.0 Å². The first-order valence-corrected chi connectivity index (χ1v) is 8.10. The maximum absolute atomic E-state index is 12.5. The van der Waals surface area contributed by atoms with Crippen LogP contribution in [0.25, 0.3) is 11.4 Å². The molecule has 0 aliphatic carbocycles. The Hall–Kier alpha value is -2.66. The van der Waals surface area contributed by atoms with E-state index in [-0.39, 0.29) is 11.9 Å². The summed E-state index contributed by atoms with van der Waals surface area (Å²) >= 11 is 6.25. The minimum absolute atomic E-state index is 0.0199. The second kappa shape index (κ2) is 6.09. The van der Waals surface area contributed by atoms with Crippen LogP contribution in [0, 0.1) is 0 Å². The van der Waals surface area contributed by atoms with Crippen molar-refractivity contribution in [2.24, 2.45) is 0 Å². The molecule has 1 atom stereocenters. The first-order chi connectivity index (χ1) is 11.7. The molecule has 2 aromatic heterocycles. The van der Waals surface area contributed by atoms with Gasteiger partial charge in [0.2, 0.25) is 5.91 Å². The normalized spacial score (nSPS) is 17.5. The Balaban J connectivity index is 1.65. The van der Waals surface area contributed by atoms with E-state index in [0.29, 0.717) is 18.0 Å². The lowest BCUT2D eigenvalue weighted by Gasteiger charge is -2.19. The Kier molecular flexibility index (Phi) is 3.78. The van der Waals surface area contributed by atoms with E-state index in [2.05, 4.69) is 9.97 Å². The lowest BCUT2D eigenvalue weighted by Crippen LogP contribution is -2.25. The fourth-order valence-electron chi connectivity index (χ4n) is 3.10. The van der Waals surface area contributed by atoms with Crippen LogP contribution in [0.15, 0.2) is 61.2 Å². The standard InChI is InChI=1S/C18H15ClN4O/c19-15-5-1-2-6-16(15)23-12-14(10-17(23)24)22-9-8-21-18(22)13-4-3-7-20-11-13/h1-9,11,14H,10,12H2/t14-/m0/s1. The number of pyridine rings is 1.